The van der Waals surface area contributed by atoms with Crippen molar-refractivity contribution in [2.24, 2.45) is 0 Å². The third kappa shape index (κ3) is 2.89. The van der Waals surface area contributed by atoms with E-state index in [1.807, 2.05) is 24.3 Å². The molecule has 0 radical (unpaired) electrons. The molecule has 1 aliphatic rings. The molecule has 1 fully saturated rings. The first kappa shape index (κ1) is 14.8. The number of rotatable bonds is 5. The van der Waals surface area contributed by atoms with Crippen LogP contribution in [0.25, 0.3) is 0 Å². The second kappa shape index (κ2) is 5.56. The van der Waals surface area contributed by atoms with Gasteiger partial charge in [0.1, 0.15) is 5.75 Å². The van der Waals surface area contributed by atoms with Crippen LogP contribution < -0.4 is 4.74 Å². The van der Waals surface area contributed by atoms with E-state index < -0.39 is 5.82 Å². The van der Waals surface area contributed by atoms with Crippen molar-refractivity contribution in [3.8, 4) is 11.5 Å². The van der Waals surface area contributed by atoms with Gasteiger partial charge in [0.2, 0.25) is 0 Å². The SMILES string of the molecule is CCC(=O)c1ccc(Oc2ccc(C3(C)CC3)cc2)c(F)c1. The van der Waals surface area contributed by atoms with Crippen molar-refractivity contribution in [1.82, 2.24) is 0 Å². The van der Waals surface area contributed by atoms with Gasteiger partial charge in [-0.25, -0.2) is 4.39 Å². The monoisotopic (exact) mass is 298 g/mol. The number of Topliss-reactive ketones (excluding diaryl/α,β-unsaturated/α-hetero) is 1. The summed E-state index contributed by atoms with van der Waals surface area (Å²) < 4.78 is 19.6. The van der Waals surface area contributed by atoms with Gasteiger partial charge in [-0.2, -0.15) is 0 Å². The summed E-state index contributed by atoms with van der Waals surface area (Å²) >= 11 is 0. The summed E-state index contributed by atoms with van der Waals surface area (Å²) in [5.74, 6) is 0.143. The second-order valence-electron chi connectivity index (χ2n) is 6.11. The lowest BCUT2D eigenvalue weighted by Crippen LogP contribution is -2.00. The highest BCUT2D eigenvalue weighted by molar-refractivity contribution is 5.95. The molecule has 0 amide bonds. The molecule has 0 unspecified atom stereocenters. The Morgan fingerprint density at radius 2 is 1.86 bits per heavy atom. The quantitative estimate of drug-likeness (QED) is 0.704. The Balaban J connectivity index is 1.76. The third-order valence-electron chi connectivity index (χ3n) is 4.35. The molecule has 0 bridgehead atoms. The van der Waals surface area contributed by atoms with E-state index >= 15 is 0 Å². The summed E-state index contributed by atoms with van der Waals surface area (Å²) in [7, 11) is 0. The Bertz CT molecular complexity index is 700. The summed E-state index contributed by atoms with van der Waals surface area (Å²) in [5.41, 5.74) is 1.99. The molecule has 0 N–H and O–H groups in total. The summed E-state index contributed by atoms with van der Waals surface area (Å²) in [4.78, 5) is 11.6. The van der Waals surface area contributed by atoms with E-state index in [0.717, 1.165) is 0 Å². The minimum Gasteiger partial charge on any atom is -0.454 e. The Morgan fingerprint density at radius 1 is 1.18 bits per heavy atom. The number of ketones is 1. The maximum absolute atomic E-state index is 14.0. The van der Waals surface area contributed by atoms with Gasteiger partial charge in [-0.15, -0.1) is 0 Å². The molecular weight excluding hydrogens is 279 g/mol. The lowest BCUT2D eigenvalue weighted by Gasteiger charge is -2.11. The lowest BCUT2D eigenvalue weighted by molar-refractivity contribution is 0.0987. The molecule has 2 aromatic carbocycles. The predicted octanol–water partition coefficient (Wildman–Crippen LogP) is 5.26. The van der Waals surface area contributed by atoms with Gasteiger partial charge >= 0.3 is 0 Å². The topological polar surface area (TPSA) is 26.3 Å². The molecule has 0 heterocycles. The average molecular weight is 298 g/mol. The van der Waals surface area contributed by atoms with Crippen LogP contribution in [0.2, 0.25) is 0 Å². The fraction of sp³-hybridized carbons (Fsp3) is 0.316. The van der Waals surface area contributed by atoms with Gasteiger partial charge in [-0.3, -0.25) is 4.79 Å². The van der Waals surface area contributed by atoms with E-state index in [1.54, 1.807) is 13.0 Å². The van der Waals surface area contributed by atoms with Crippen LogP contribution in [0.1, 0.15) is 49.0 Å². The van der Waals surface area contributed by atoms with Crippen molar-refractivity contribution >= 4 is 5.78 Å². The third-order valence-corrected chi connectivity index (χ3v) is 4.35. The average Bonchev–Trinajstić information content (AvgIpc) is 3.28. The number of ether oxygens (including phenoxy) is 1. The van der Waals surface area contributed by atoms with E-state index in [2.05, 4.69) is 6.92 Å². The van der Waals surface area contributed by atoms with Crippen LogP contribution in [0.4, 0.5) is 4.39 Å². The molecule has 114 valence electrons. The van der Waals surface area contributed by atoms with Gasteiger partial charge in [0.15, 0.2) is 17.3 Å². The first-order valence-electron chi connectivity index (χ1n) is 7.63. The van der Waals surface area contributed by atoms with Crippen LogP contribution in [0.5, 0.6) is 11.5 Å². The normalized spacial score (nSPS) is 15.4. The molecule has 1 saturated carbocycles. The van der Waals surface area contributed by atoms with Gasteiger partial charge in [0, 0.05) is 12.0 Å². The number of carbonyl (C=O) groups is 1. The van der Waals surface area contributed by atoms with Crippen molar-refractivity contribution in [3.05, 3.63) is 59.4 Å². The summed E-state index contributed by atoms with van der Waals surface area (Å²) in [6, 6.07) is 12.1. The number of halogens is 1. The molecule has 2 nitrogen and oxygen atoms in total. The maximum atomic E-state index is 14.0. The highest BCUT2D eigenvalue weighted by atomic mass is 19.1. The molecule has 0 spiro atoms. The fourth-order valence-corrected chi connectivity index (χ4v) is 2.49. The van der Waals surface area contributed by atoms with Crippen molar-refractivity contribution in [3.63, 3.8) is 0 Å². The molecule has 0 aliphatic heterocycles. The first-order chi connectivity index (χ1) is 10.5. The minimum absolute atomic E-state index is 0.0764. The molecule has 2 aromatic rings. The summed E-state index contributed by atoms with van der Waals surface area (Å²) in [5, 5.41) is 0. The van der Waals surface area contributed by atoms with Crippen LogP contribution in [-0.2, 0) is 5.41 Å². The van der Waals surface area contributed by atoms with Crippen LogP contribution in [-0.4, -0.2) is 5.78 Å². The molecule has 22 heavy (non-hydrogen) atoms. The minimum atomic E-state index is -0.516. The Labute approximate surface area is 129 Å². The molecule has 0 atom stereocenters. The van der Waals surface area contributed by atoms with Crippen molar-refractivity contribution in [2.75, 3.05) is 0 Å². The summed E-state index contributed by atoms with van der Waals surface area (Å²) in [6.45, 7) is 4.00. The zero-order chi connectivity index (χ0) is 15.7. The Kier molecular flexibility index (Phi) is 3.73. The van der Waals surface area contributed by atoms with Gasteiger partial charge in [-0.05, 0) is 54.2 Å². The predicted molar refractivity (Wildman–Crippen MR) is 84.1 cm³/mol. The van der Waals surface area contributed by atoms with E-state index in [9.17, 15) is 9.18 Å². The van der Waals surface area contributed by atoms with E-state index in [4.69, 9.17) is 4.74 Å². The first-order valence-corrected chi connectivity index (χ1v) is 7.63. The number of hydrogen-bond acceptors (Lipinski definition) is 2. The van der Waals surface area contributed by atoms with Gasteiger partial charge in [0.05, 0.1) is 0 Å². The standard InChI is InChI=1S/C19H19FO2/c1-3-17(21)13-4-9-18(16(20)12-13)22-15-7-5-14(6-8-15)19(2)10-11-19/h4-9,12H,3,10-11H2,1-2H3. The molecule has 3 heteroatoms. The number of hydrogen-bond donors (Lipinski definition) is 0. The molecule has 0 saturated heterocycles. The highest BCUT2D eigenvalue weighted by Gasteiger charge is 2.38. The number of benzene rings is 2. The second-order valence-corrected chi connectivity index (χ2v) is 6.11. The van der Waals surface area contributed by atoms with Crippen LogP contribution in [0, 0.1) is 5.82 Å². The van der Waals surface area contributed by atoms with E-state index in [1.165, 1.54) is 30.5 Å². The Morgan fingerprint density at radius 3 is 2.41 bits per heavy atom. The smallest absolute Gasteiger partial charge is 0.166 e. The van der Waals surface area contributed by atoms with Gasteiger partial charge in [-0.1, -0.05) is 26.0 Å². The Hall–Kier alpha value is -2.16. The van der Waals surface area contributed by atoms with Crippen LogP contribution in [0.15, 0.2) is 42.5 Å². The van der Waals surface area contributed by atoms with Crippen LogP contribution in [0.3, 0.4) is 0 Å². The van der Waals surface area contributed by atoms with E-state index in [-0.39, 0.29) is 11.5 Å². The van der Waals surface area contributed by atoms with E-state index in [0.29, 0.717) is 23.1 Å². The fourth-order valence-electron chi connectivity index (χ4n) is 2.49. The lowest BCUT2D eigenvalue weighted by atomic mass is 9.99. The molecular formula is C19H19FO2. The van der Waals surface area contributed by atoms with Crippen LogP contribution >= 0.6 is 0 Å². The maximum Gasteiger partial charge on any atom is 0.166 e. The zero-order valence-electron chi connectivity index (χ0n) is 12.9. The van der Waals surface area contributed by atoms with Crippen molar-refractivity contribution in [1.29, 1.82) is 0 Å². The highest BCUT2D eigenvalue weighted by Crippen LogP contribution is 2.47. The summed E-state index contributed by atoms with van der Waals surface area (Å²) in [6.07, 6.45) is 2.80. The molecule has 0 aromatic heterocycles. The zero-order valence-corrected chi connectivity index (χ0v) is 12.9. The van der Waals surface area contributed by atoms with Gasteiger partial charge < -0.3 is 4.74 Å². The largest absolute Gasteiger partial charge is 0.454 e. The number of carbonyl (C=O) groups excluding carboxylic acids is 1. The van der Waals surface area contributed by atoms with Crippen molar-refractivity contribution in [2.45, 2.75) is 38.5 Å². The molecule has 1 aliphatic carbocycles. The molecule has 3 rings (SSSR count). The van der Waals surface area contributed by atoms with Crippen molar-refractivity contribution < 1.29 is 13.9 Å². The van der Waals surface area contributed by atoms with Gasteiger partial charge in [0.25, 0.3) is 0 Å².